The van der Waals surface area contributed by atoms with Crippen molar-refractivity contribution in [3.63, 3.8) is 0 Å². The van der Waals surface area contributed by atoms with Crippen LogP contribution in [0, 0.1) is 10.1 Å². The summed E-state index contributed by atoms with van der Waals surface area (Å²) >= 11 is 5.51. The number of carboxylic acid groups (broad SMARTS) is 1. The first kappa shape index (κ1) is 13.2. The Balaban J connectivity index is 3.37. The zero-order valence-corrected chi connectivity index (χ0v) is 8.82. The van der Waals surface area contributed by atoms with Gasteiger partial charge in [-0.05, 0) is 21.5 Å². The number of alkyl halides is 2. The fraction of sp³-hybridized carbons (Fsp3) is 0.250. The van der Waals surface area contributed by atoms with E-state index in [1.54, 1.807) is 0 Å². The van der Waals surface area contributed by atoms with Crippen molar-refractivity contribution in [3.05, 3.63) is 32.5 Å². The van der Waals surface area contributed by atoms with Gasteiger partial charge in [0.15, 0.2) is 0 Å². The zero-order chi connectivity index (χ0) is 13.2. The van der Waals surface area contributed by atoms with Crippen LogP contribution in [0.1, 0.15) is 17.7 Å². The fourth-order valence-electron chi connectivity index (χ4n) is 1.11. The molecule has 17 heavy (non-hydrogen) atoms. The van der Waals surface area contributed by atoms with Crippen molar-refractivity contribution < 1.29 is 23.6 Å². The van der Waals surface area contributed by atoms with E-state index in [1.807, 2.05) is 0 Å². The molecule has 0 aliphatic carbocycles. The van der Waals surface area contributed by atoms with Crippen molar-refractivity contribution in [2.75, 3.05) is 0 Å². The number of aliphatic carboxylic acids is 1. The van der Waals surface area contributed by atoms with E-state index < -0.39 is 40.3 Å². The number of carboxylic acids is 1. The molecule has 0 saturated carbocycles. The van der Waals surface area contributed by atoms with Crippen molar-refractivity contribution in [1.82, 2.24) is 4.98 Å². The molecular formula is C8H5ClF2N2O4. The number of rotatable bonds is 4. The van der Waals surface area contributed by atoms with Crippen LogP contribution in [0.5, 0.6) is 0 Å². The number of hydrogen-bond donors (Lipinski definition) is 1. The number of halogens is 3. The molecular weight excluding hydrogens is 262 g/mol. The summed E-state index contributed by atoms with van der Waals surface area (Å²) in [6.07, 6.45) is -3.74. The molecule has 1 rings (SSSR count). The third-order valence-electron chi connectivity index (χ3n) is 1.77. The molecule has 6 nitrogen and oxygen atoms in total. The molecule has 1 N–H and O–H groups in total. The zero-order valence-electron chi connectivity index (χ0n) is 8.06. The summed E-state index contributed by atoms with van der Waals surface area (Å²) in [5, 5.41) is 18.5. The molecule has 0 unspecified atom stereocenters. The van der Waals surface area contributed by atoms with E-state index in [0.717, 1.165) is 6.07 Å². The van der Waals surface area contributed by atoms with Crippen molar-refractivity contribution >= 4 is 23.4 Å². The third-order valence-corrected chi connectivity index (χ3v) is 2.19. The second-order valence-corrected chi connectivity index (χ2v) is 3.35. The Bertz CT molecular complexity index is 481. The largest absolute Gasteiger partial charge is 0.481 e. The van der Waals surface area contributed by atoms with Crippen LogP contribution >= 0.6 is 11.6 Å². The molecule has 0 amide bonds. The minimum absolute atomic E-state index is 0.267. The van der Waals surface area contributed by atoms with Crippen LogP contribution in [-0.4, -0.2) is 21.0 Å². The fourth-order valence-corrected chi connectivity index (χ4v) is 1.35. The lowest BCUT2D eigenvalue weighted by Gasteiger charge is -2.03. The van der Waals surface area contributed by atoms with Gasteiger partial charge in [-0.1, -0.05) is 11.6 Å². The Labute approximate surface area is 98.0 Å². The SMILES string of the molecule is O=C(O)Cc1cc(C(F)F)nc([N+](=O)[O-])c1Cl. The van der Waals surface area contributed by atoms with Gasteiger partial charge in [0.25, 0.3) is 0 Å². The van der Waals surface area contributed by atoms with Crippen LogP contribution in [0.2, 0.25) is 5.02 Å². The minimum atomic E-state index is -3.04. The van der Waals surface area contributed by atoms with Crippen molar-refractivity contribution in [2.45, 2.75) is 12.8 Å². The van der Waals surface area contributed by atoms with Gasteiger partial charge in [-0.3, -0.25) is 4.79 Å². The van der Waals surface area contributed by atoms with Gasteiger partial charge in [0.05, 0.1) is 6.42 Å². The highest BCUT2D eigenvalue weighted by atomic mass is 35.5. The van der Waals surface area contributed by atoms with E-state index in [9.17, 15) is 23.7 Å². The van der Waals surface area contributed by atoms with Gasteiger partial charge < -0.3 is 15.2 Å². The molecule has 0 saturated heterocycles. The quantitative estimate of drug-likeness (QED) is 0.666. The van der Waals surface area contributed by atoms with Crippen molar-refractivity contribution in [1.29, 1.82) is 0 Å². The molecule has 0 radical (unpaired) electrons. The highest BCUT2D eigenvalue weighted by Crippen LogP contribution is 2.30. The second-order valence-electron chi connectivity index (χ2n) is 2.97. The molecule has 0 aliphatic heterocycles. The van der Waals surface area contributed by atoms with Gasteiger partial charge in [0.1, 0.15) is 5.02 Å². The maximum atomic E-state index is 12.4. The monoisotopic (exact) mass is 266 g/mol. The number of pyridine rings is 1. The Hall–Kier alpha value is -1.83. The third kappa shape index (κ3) is 3.06. The standard InChI is InChI=1S/C8H5ClF2N2O4/c9-6-3(2-5(14)15)1-4(7(10)11)12-8(6)13(16)17/h1,7H,2H2,(H,14,15). The lowest BCUT2D eigenvalue weighted by molar-refractivity contribution is -0.389. The number of nitrogens with zero attached hydrogens (tertiary/aromatic N) is 2. The lowest BCUT2D eigenvalue weighted by Crippen LogP contribution is -2.06. The highest BCUT2D eigenvalue weighted by Gasteiger charge is 2.26. The highest BCUT2D eigenvalue weighted by molar-refractivity contribution is 6.33. The molecule has 1 heterocycles. The topological polar surface area (TPSA) is 93.3 Å². The van der Waals surface area contributed by atoms with Gasteiger partial charge >= 0.3 is 18.2 Å². The van der Waals surface area contributed by atoms with E-state index in [2.05, 4.69) is 4.98 Å². The molecule has 0 spiro atoms. The normalized spacial score (nSPS) is 10.6. The first-order valence-corrected chi connectivity index (χ1v) is 4.54. The molecule has 0 aromatic carbocycles. The van der Waals surface area contributed by atoms with Crippen LogP contribution in [-0.2, 0) is 11.2 Å². The second kappa shape index (κ2) is 5.00. The van der Waals surface area contributed by atoms with E-state index in [-0.39, 0.29) is 5.56 Å². The maximum Gasteiger partial charge on any atom is 0.383 e. The minimum Gasteiger partial charge on any atom is -0.481 e. The summed E-state index contributed by atoms with van der Waals surface area (Å²) in [7, 11) is 0. The summed E-state index contributed by atoms with van der Waals surface area (Å²) in [6, 6.07) is 0.744. The molecule has 1 aromatic heterocycles. The smallest absolute Gasteiger partial charge is 0.383 e. The van der Waals surface area contributed by atoms with Crippen LogP contribution in [0.25, 0.3) is 0 Å². The summed E-state index contributed by atoms with van der Waals surface area (Å²) < 4.78 is 24.8. The van der Waals surface area contributed by atoms with Gasteiger partial charge in [-0.2, -0.15) is 0 Å². The summed E-state index contributed by atoms with van der Waals surface area (Å²) in [5.41, 5.74) is -1.14. The first-order valence-electron chi connectivity index (χ1n) is 4.16. The van der Waals surface area contributed by atoms with Gasteiger partial charge in [0.2, 0.25) is 5.69 Å². The summed E-state index contributed by atoms with van der Waals surface area (Å²) in [4.78, 5) is 23.0. The predicted molar refractivity (Wildman–Crippen MR) is 52.2 cm³/mol. The molecule has 0 fully saturated rings. The summed E-state index contributed by atoms with van der Waals surface area (Å²) in [5.74, 6) is -2.31. The average Bonchev–Trinajstić information content (AvgIpc) is 2.19. The predicted octanol–water partition coefficient (Wildman–Crippen LogP) is 2.21. The number of hydrogen-bond acceptors (Lipinski definition) is 4. The number of nitro groups is 1. The number of aromatic nitrogens is 1. The van der Waals surface area contributed by atoms with Crippen LogP contribution < -0.4 is 0 Å². The Kier molecular flexibility index (Phi) is 3.89. The van der Waals surface area contributed by atoms with Crippen molar-refractivity contribution in [3.8, 4) is 0 Å². The Morgan fingerprint density at radius 2 is 2.24 bits per heavy atom. The average molecular weight is 267 g/mol. The van der Waals surface area contributed by atoms with E-state index in [0.29, 0.717) is 0 Å². The Morgan fingerprint density at radius 3 is 2.65 bits per heavy atom. The molecule has 1 aromatic rings. The van der Waals surface area contributed by atoms with Crippen LogP contribution in [0.15, 0.2) is 6.07 Å². The molecule has 92 valence electrons. The van der Waals surface area contributed by atoms with E-state index >= 15 is 0 Å². The molecule has 9 heteroatoms. The van der Waals surface area contributed by atoms with E-state index in [4.69, 9.17) is 16.7 Å². The summed E-state index contributed by atoms with van der Waals surface area (Å²) in [6.45, 7) is 0. The maximum absolute atomic E-state index is 12.4. The molecule has 0 bridgehead atoms. The molecule has 0 aliphatic rings. The van der Waals surface area contributed by atoms with E-state index in [1.165, 1.54) is 0 Å². The first-order chi connectivity index (χ1) is 7.82. The van der Waals surface area contributed by atoms with Crippen molar-refractivity contribution in [2.24, 2.45) is 0 Å². The van der Waals surface area contributed by atoms with Crippen LogP contribution in [0.3, 0.4) is 0 Å². The lowest BCUT2D eigenvalue weighted by atomic mass is 10.1. The van der Waals surface area contributed by atoms with Crippen LogP contribution in [0.4, 0.5) is 14.6 Å². The van der Waals surface area contributed by atoms with Gasteiger partial charge in [-0.15, -0.1) is 0 Å². The number of carbonyl (C=O) groups is 1. The molecule has 0 atom stereocenters. The Morgan fingerprint density at radius 1 is 1.65 bits per heavy atom. The van der Waals surface area contributed by atoms with Gasteiger partial charge in [0, 0.05) is 0 Å². The van der Waals surface area contributed by atoms with Gasteiger partial charge in [-0.25, -0.2) is 8.78 Å².